The van der Waals surface area contributed by atoms with E-state index in [1.807, 2.05) is 30.6 Å². The van der Waals surface area contributed by atoms with Crippen molar-refractivity contribution in [1.29, 1.82) is 5.26 Å². The maximum atomic E-state index is 9.22. The van der Waals surface area contributed by atoms with Crippen LogP contribution in [-0.2, 0) is 0 Å². The molecule has 0 amide bonds. The van der Waals surface area contributed by atoms with Crippen LogP contribution in [0.15, 0.2) is 49.3 Å². The van der Waals surface area contributed by atoms with E-state index in [1.54, 1.807) is 17.1 Å². The molecule has 1 N–H and O–H groups in total. The van der Waals surface area contributed by atoms with Crippen LogP contribution < -0.4 is 0 Å². The van der Waals surface area contributed by atoms with Crippen LogP contribution in [0.1, 0.15) is 5.56 Å². The van der Waals surface area contributed by atoms with Gasteiger partial charge < -0.3 is 4.98 Å². The summed E-state index contributed by atoms with van der Waals surface area (Å²) in [4.78, 5) is 6.94. The molecular weight excluding hydrogens is 226 g/mol. The number of para-hydroxylation sites is 1. The minimum Gasteiger partial charge on any atom is -0.367 e. The van der Waals surface area contributed by atoms with Gasteiger partial charge >= 0.3 is 0 Å². The smallest absolute Gasteiger partial charge is 0.138 e. The molecule has 3 rings (SSSR count). The fourth-order valence-electron chi connectivity index (χ4n) is 1.93. The number of nitrogens with zero attached hydrogens (tertiary/aromatic N) is 4. The van der Waals surface area contributed by atoms with Crippen molar-refractivity contribution < 1.29 is 0 Å². The van der Waals surface area contributed by atoms with E-state index in [-0.39, 0.29) is 0 Å². The van der Waals surface area contributed by atoms with Crippen molar-refractivity contribution >= 4 is 0 Å². The molecule has 18 heavy (non-hydrogen) atoms. The van der Waals surface area contributed by atoms with Crippen molar-refractivity contribution in [2.24, 2.45) is 0 Å². The lowest BCUT2D eigenvalue weighted by atomic mass is 10.0. The molecule has 2 heterocycles. The molecule has 86 valence electrons. The van der Waals surface area contributed by atoms with Gasteiger partial charge in [0.1, 0.15) is 18.7 Å². The number of H-pyrrole nitrogens is 1. The van der Waals surface area contributed by atoms with Crippen LogP contribution in [0.25, 0.3) is 16.8 Å². The lowest BCUT2D eigenvalue weighted by molar-refractivity contribution is 0.877. The molecule has 3 aromatic rings. The average Bonchev–Trinajstić information content (AvgIpc) is 3.10. The number of rotatable bonds is 2. The van der Waals surface area contributed by atoms with Gasteiger partial charge in [-0.25, -0.2) is 9.67 Å². The molecule has 0 spiro atoms. The standard InChI is InChI=1S/C13H9N5/c14-6-10-2-1-3-12(11-4-5-15-7-11)13(10)18-9-16-8-17-18/h1-5,7-9,15H. The van der Waals surface area contributed by atoms with Crippen molar-refractivity contribution in [2.75, 3.05) is 0 Å². The van der Waals surface area contributed by atoms with Crippen LogP contribution in [0.5, 0.6) is 0 Å². The Kier molecular flexibility index (Phi) is 2.39. The number of hydrogen-bond acceptors (Lipinski definition) is 3. The third-order valence-corrected chi connectivity index (χ3v) is 2.71. The fourth-order valence-corrected chi connectivity index (χ4v) is 1.93. The Balaban J connectivity index is 2.30. The number of hydrogen-bond donors (Lipinski definition) is 1. The zero-order valence-corrected chi connectivity index (χ0v) is 9.41. The summed E-state index contributed by atoms with van der Waals surface area (Å²) in [5.74, 6) is 0. The lowest BCUT2D eigenvalue weighted by Crippen LogP contribution is -2.00. The zero-order valence-electron chi connectivity index (χ0n) is 9.41. The highest BCUT2D eigenvalue weighted by Gasteiger charge is 2.12. The monoisotopic (exact) mass is 235 g/mol. The summed E-state index contributed by atoms with van der Waals surface area (Å²) in [6.07, 6.45) is 6.78. The predicted octanol–water partition coefficient (Wildman–Crippen LogP) is 2.13. The molecule has 0 aliphatic heterocycles. The van der Waals surface area contributed by atoms with Gasteiger partial charge in [0.05, 0.1) is 11.3 Å². The van der Waals surface area contributed by atoms with Crippen LogP contribution in [0.2, 0.25) is 0 Å². The highest BCUT2D eigenvalue weighted by atomic mass is 15.3. The number of aromatic nitrogens is 4. The summed E-state index contributed by atoms with van der Waals surface area (Å²) in [6, 6.07) is 9.74. The highest BCUT2D eigenvalue weighted by molar-refractivity contribution is 5.76. The Labute approximate surface area is 103 Å². The van der Waals surface area contributed by atoms with E-state index < -0.39 is 0 Å². The number of nitriles is 1. The molecule has 0 unspecified atom stereocenters. The van der Waals surface area contributed by atoms with Crippen molar-refractivity contribution in [3.63, 3.8) is 0 Å². The summed E-state index contributed by atoms with van der Waals surface area (Å²) in [5.41, 5.74) is 3.27. The molecule has 0 aliphatic carbocycles. The van der Waals surface area contributed by atoms with E-state index in [0.717, 1.165) is 16.8 Å². The fraction of sp³-hybridized carbons (Fsp3) is 0. The van der Waals surface area contributed by atoms with Gasteiger partial charge in [-0.2, -0.15) is 10.4 Å². The van der Waals surface area contributed by atoms with Gasteiger partial charge in [0, 0.05) is 23.5 Å². The first-order valence-electron chi connectivity index (χ1n) is 5.41. The second kappa shape index (κ2) is 4.18. The molecule has 0 fully saturated rings. The SMILES string of the molecule is N#Cc1cccc(-c2cc[nH]c2)c1-n1cncn1. The molecule has 5 heteroatoms. The van der Waals surface area contributed by atoms with E-state index in [0.29, 0.717) is 5.56 Å². The van der Waals surface area contributed by atoms with Gasteiger partial charge in [0.25, 0.3) is 0 Å². The maximum absolute atomic E-state index is 9.22. The van der Waals surface area contributed by atoms with Gasteiger partial charge in [0.15, 0.2) is 0 Å². The Morgan fingerprint density at radius 1 is 1.28 bits per heavy atom. The highest BCUT2D eigenvalue weighted by Crippen LogP contribution is 2.28. The Bertz CT molecular complexity index is 690. The van der Waals surface area contributed by atoms with Gasteiger partial charge in [-0.15, -0.1) is 0 Å². The molecule has 2 aromatic heterocycles. The topological polar surface area (TPSA) is 70.3 Å². The van der Waals surface area contributed by atoms with Gasteiger partial charge in [-0.1, -0.05) is 12.1 Å². The van der Waals surface area contributed by atoms with E-state index >= 15 is 0 Å². The second-order valence-corrected chi connectivity index (χ2v) is 3.75. The largest absolute Gasteiger partial charge is 0.367 e. The zero-order chi connectivity index (χ0) is 12.4. The Hall–Kier alpha value is -2.87. The van der Waals surface area contributed by atoms with E-state index in [2.05, 4.69) is 21.1 Å². The summed E-state index contributed by atoms with van der Waals surface area (Å²) < 4.78 is 1.61. The predicted molar refractivity (Wildman–Crippen MR) is 65.9 cm³/mol. The van der Waals surface area contributed by atoms with Gasteiger partial charge in [0.2, 0.25) is 0 Å². The van der Waals surface area contributed by atoms with E-state index in [4.69, 9.17) is 0 Å². The first-order valence-corrected chi connectivity index (χ1v) is 5.41. The molecule has 1 aromatic carbocycles. The van der Waals surface area contributed by atoms with Gasteiger partial charge in [-0.3, -0.25) is 0 Å². The van der Waals surface area contributed by atoms with Crippen LogP contribution >= 0.6 is 0 Å². The molecule has 0 saturated heterocycles. The molecule has 0 aliphatic rings. The Morgan fingerprint density at radius 3 is 2.89 bits per heavy atom. The number of aromatic amines is 1. The summed E-state index contributed by atoms with van der Waals surface area (Å²) >= 11 is 0. The first-order chi connectivity index (χ1) is 8.90. The molecule has 0 bridgehead atoms. The van der Waals surface area contributed by atoms with Gasteiger partial charge in [-0.05, 0) is 12.1 Å². The van der Waals surface area contributed by atoms with Crippen LogP contribution in [-0.4, -0.2) is 19.7 Å². The minimum absolute atomic E-state index is 0.569. The number of nitrogens with one attached hydrogen (secondary N) is 1. The van der Waals surface area contributed by atoms with Crippen LogP contribution in [0.3, 0.4) is 0 Å². The minimum atomic E-state index is 0.569. The van der Waals surface area contributed by atoms with Crippen LogP contribution in [0, 0.1) is 11.3 Å². The van der Waals surface area contributed by atoms with E-state index in [1.165, 1.54) is 6.33 Å². The number of benzene rings is 1. The third kappa shape index (κ3) is 1.57. The van der Waals surface area contributed by atoms with Crippen molar-refractivity contribution in [3.05, 3.63) is 54.9 Å². The lowest BCUT2D eigenvalue weighted by Gasteiger charge is -2.09. The Morgan fingerprint density at radius 2 is 2.22 bits per heavy atom. The molecule has 0 atom stereocenters. The maximum Gasteiger partial charge on any atom is 0.138 e. The van der Waals surface area contributed by atoms with E-state index in [9.17, 15) is 5.26 Å². The third-order valence-electron chi connectivity index (χ3n) is 2.71. The first kappa shape index (κ1) is 10.3. The average molecular weight is 235 g/mol. The molecule has 5 nitrogen and oxygen atoms in total. The van der Waals surface area contributed by atoms with Crippen molar-refractivity contribution in [3.8, 4) is 22.9 Å². The normalized spacial score (nSPS) is 10.2. The molecular formula is C13H9N5. The molecule has 0 radical (unpaired) electrons. The van der Waals surface area contributed by atoms with Crippen molar-refractivity contribution in [1.82, 2.24) is 19.7 Å². The van der Waals surface area contributed by atoms with Crippen LogP contribution in [0.4, 0.5) is 0 Å². The summed E-state index contributed by atoms with van der Waals surface area (Å²) in [7, 11) is 0. The molecule has 0 saturated carbocycles. The second-order valence-electron chi connectivity index (χ2n) is 3.75. The summed E-state index contributed by atoms with van der Waals surface area (Å²) in [5, 5.41) is 13.3. The quantitative estimate of drug-likeness (QED) is 0.739. The van der Waals surface area contributed by atoms with Crippen molar-refractivity contribution in [2.45, 2.75) is 0 Å². The summed E-state index contributed by atoms with van der Waals surface area (Å²) in [6.45, 7) is 0.